The van der Waals surface area contributed by atoms with Gasteiger partial charge in [0.2, 0.25) is 0 Å². The Balaban J connectivity index is 1.70. The highest BCUT2D eigenvalue weighted by Gasteiger charge is 2.16. The Hall–Kier alpha value is -2.03. The van der Waals surface area contributed by atoms with Crippen LogP contribution in [0.15, 0.2) is 62.7 Å². The number of carbonyl (C=O) groups is 1. The first kappa shape index (κ1) is 22.7. The van der Waals surface area contributed by atoms with E-state index in [4.69, 9.17) is 4.74 Å². The smallest absolute Gasteiger partial charge is 0.408 e. The van der Waals surface area contributed by atoms with Gasteiger partial charge in [-0.1, -0.05) is 23.9 Å². The quantitative estimate of drug-likeness (QED) is 0.406. The van der Waals surface area contributed by atoms with E-state index >= 15 is 0 Å². The first-order chi connectivity index (χ1) is 14.2. The van der Waals surface area contributed by atoms with Crippen molar-refractivity contribution in [3.8, 4) is 11.1 Å². The predicted molar refractivity (Wildman–Crippen MR) is 123 cm³/mol. The fourth-order valence-corrected chi connectivity index (χ4v) is 5.16. The third-order valence-electron chi connectivity index (χ3n) is 3.83. The van der Waals surface area contributed by atoms with Crippen LogP contribution >= 0.6 is 34.9 Å². The predicted octanol–water partition coefficient (Wildman–Crippen LogP) is 6.85. The lowest BCUT2D eigenvalue weighted by molar-refractivity contribution is 0.0523. The van der Waals surface area contributed by atoms with Crippen molar-refractivity contribution in [3.63, 3.8) is 0 Å². The molecule has 0 aliphatic rings. The minimum Gasteiger partial charge on any atom is -0.444 e. The number of aromatic nitrogens is 1. The summed E-state index contributed by atoms with van der Waals surface area (Å²) in [6.07, 6.45) is 3.39. The van der Waals surface area contributed by atoms with E-state index < -0.39 is 11.7 Å². The first-order valence-corrected chi connectivity index (χ1v) is 12.1. The van der Waals surface area contributed by atoms with Gasteiger partial charge in [-0.3, -0.25) is 0 Å². The molecule has 0 spiro atoms. The molecule has 0 unspecified atom stereocenters. The normalized spacial score (nSPS) is 11.4. The van der Waals surface area contributed by atoms with Gasteiger partial charge >= 0.3 is 6.09 Å². The third kappa shape index (κ3) is 6.75. The fourth-order valence-electron chi connectivity index (χ4n) is 2.56. The summed E-state index contributed by atoms with van der Waals surface area (Å²) >= 11 is 4.81. The Labute approximate surface area is 188 Å². The maximum Gasteiger partial charge on any atom is 0.408 e. The van der Waals surface area contributed by atoms with Crippen molar-refractivity contribution in [2.24, 2.45) is 0 Å². The Morgan fingerprint density at radius 2 is 1.83 bits per heavy atom. The Morgan fingerprint density at radius 1 is 1.13 bits per heavy atom. The molecular weight excluding hydrogens is 439 g/mol. The van der Waals surface area contributed by atoms with Crippen LogP contribution in [0.4, 0.5) is 9.18 Å². The molecule has 0 saturated carbocycles. The van der Waals surface area contributed by atoms with Gasteiger partial charge in [0.15, 0.2) is 0 Å². The third-order valence-corrected chi connectivity index (χ3v) is 6.60. The molecule has 158 valence electrons. The average molecular weight is 463 g/mol. The van der Waals surface area contributed by atoms with Crippen molar-refractivity contribution >= 4 is 41.0 Å². The number of hydrogen-bond donors (Lipinski definition) is 1. The molecule has 8 heteroatoms. The van der Waals surface area contributed by atoms with Crippen LogP contribution in [0.1, 0.15) is 25.8 Å². The van der Waals surface area contributed by atoms with E-state index in [1.165, 1.54) is 23.5 Å². The molecule has 1 heterocycles. The summed E-state index contributed by atoms with van der Waals surface area (Å²) in [7, 11) is 0. The van der Waals surface area contributed by atoms with Crippen molar-refractivity contribution in [1.82, 2.24) is 10.3 Å². The van der Waals surface area contributed by atoms with E-state index in [1.807, 2.05) is 33.2 Å². The van der Waals surface area contributed by atoms with Crippen molar-refractivity contribution < 1.29 is 13.9 Å². The van der Waals surface area contributed by atoms with Gasteiger partial charge in [-0.15, -0.1) is 23.1 Å². The molecule has 1 aromatic heterocycles. The van der Waals surface area contributed by atoms with Crippen LogP contribution < -0.4 is 5.32 Å². The number of rotatable bonds is 6. The second-order valence-electron chi connectivity index (χ2n) is 7.43. The first-order valence-electron chi connectivity index (χ1n) is 9.26. The van der Waals surface area contributed by atoms with Gasteiger partial charge in [0.1, 0.15) is 16.4 Å². The lowest BCUT2D eigenvalue weighted by Gasteiger charge is -2.19. The van der Waals surface area contributed by atoms with Crippen molar-refractivity contribution in [2.75, 3.05) is 6.26 Å². The number of alkyl carbamates (subject to hydrolysis) is 1. The summed E-state index contributed by atoms with van der Waals surface area (Å²) in [5, 5.41) is 3.54. The minimum atomic E-state index is -0.529. The molecule has 0 atom stereocenters. The molecule has 0 aliphatic carbocycles. The Bertz CT molecular complexity index is 1010. The number of nitrogens with one attached hydrogen (secondary N) is 1. The number of thioether (sulfide) groups is 1. The van der Waals surface area contributed by atoms with E-state index in [-0.39, 0.29) is 5.82 Å². The van der Waals surface area contributed by atoms with Gasteiger partial charge in [0, 0.05) is 9.79 Å². The van der Waals surface area contributed by atoms with Gasteiger partial charge in [0.05, 0.1) is 17.0 Å². The highest BCUT2D eigenvalue weighted by atomic mass is 32.2. The zero-order valence-corrected chi connectivity index (χ0v) is 19.6. The van der Waals surface area contributed by atoms with Gasteiger partial charge < -0.3 is 10.1 Å². The maximum absolute atomic E-state index is 13.3. The standard InChI is InChI=1S/C22H23FN2O2S3/c1-22(2,3)27-21(26)25-12-19-24-13-20(30-19)29-18-10-15(9-17(11-18)28-4)14-5-7-16(23)8-6-14/h5-11,13H,12H2,1-4H3,(H,25,26). The number of nitrogens with zero attached hydrogens (tertiary/aromatic N) is 1. The molecule has 0 aliphatic heterocycles. The molecular formula is C22H23FN2O2S3. The summed E-state index contributed by atoms with van der Waals surface area (Å²) in [5.74, 6) is -0.244. The van der Waals surface area contributed by atoms with Gasteiger partial charge in [-0.25, -0.2) is 14.2 Å². The molecule has 0 saturated heterocycles. The van der Waals surface area contributed by atoms with Crippen LogP contribution in [0.3, 0.4) is 0 Å². The van der Waals surface area contributed by atoms with E-state index in [9.17, 15) is 9.18 Å². The summed E-state index contributed by atoms with van der Waals surface area (Å²) in [6.45, 7) is 5.81. The Morgan fingerprint density at radius 3 is 2.50 bits per heavy atom. The van der Waals surface area contributed by atoms with Crippen LogP contribution in [0, 0.1) is 5.82 Å². The summed E-state index contributed by atoms with van der Waals surface area (Å²) in [4.78, 5) is 18.4. The molecule has 1 N–H and O–H groups in total. The number of halogens is 1. The number of ether oxygens (including phenoxy) is 1. The number of benzene rings is 2. The minimum absolute atomic E-state index is 0.244. The van der Waals surface area contributed by atoms with Gasteiger partial charge in [0.25, 0.3) is 0 Å². The van der Waals surface area contributed by atoms with E-state index in [1.54, 1.807) is 35.7 Å². The molecule has 4 nitrogen and oxygen atoms in total. The maximum atomic E-state index is 13.3. The molecule has 3 rings (SSSR count). The molecule has 2 aromatic carbocycles. The lowest BCUT2D eigenvalue weighted by Crippen LogP contribution is -2.32. The highest BCUT2D eigenvalue weighted by molar-refractivity contribution is 8.01. The molecule has 0 bridgehead atoms. The molecule has 1 amide bonds. The molecule has 3 aromatic rings. The SMILES string of the molecule is CSc1cc(Sc2cnc(CNC(=O)OC(C)(C)C)s2)cc(-c2ccc(F)cc2)c1. The zero-order valence-electron chi connectivity index (χ0n) is 17.2. The highest BCUT2D eigenvalue weighted by Crippen LogP contribution is 2.37. The fraction of sp³-hybridized carbons (Fsp3) is 0.273. The monoisotopic (exact) mass is 462 g/mol. The van der Waals surface area contributed by atoms with Crippen LogP contribution in [0.25, 0.3) is 11.1 Å². The van der Waals surface area contributed by atoms with Gasteiger partial charge in [-0.2, -0.15) is 0 Å². The second-order valence-corrected chi connectivity index (χ2v) is 10.8. The van der Waals surface area contributed by atoms with Crippen molar-refractivity contribution in [3.05, 3.63) is 59.5 Å². The van der Waals surface area contributed by atoms with Crippen LogP contribution in [0.2, 0.25) is 0 Å². The molecule has 0 fully saturated rings. The summed E-state index contributed by atoms with van der Waals surface area (Å²) in [6, 6.07) is 12.8. The van der Waals surface area contributed by atoms with Crippen molar-refractivity contribution in [2.45, 2.75) is 46.9 Å². The van der Waals surface area contributed by atoms with Crippen molar-refractivity contribution in [1.29, 1.82) is 0 Å². The number of thiazole rings is 1. The lowest BCUT2D eigenvalue weighted by atomic mass is 10.1. The summed E-state index contributed by atoms with van der Waals surface area (Å²) < 4.78 is 19.5. The van der Waals surface area contributed by atoms with Crippen LogP contribution in [-0.4, -0.2) is 22.9 Å². The Kier molecular flexibility index (Phi) is 7.44. The van der Waals surface area contributed by atoms with Gasteiger partial charge in [-0.05, 0) is 68.5 Å². The number of carbonyl (C=O) groups excluding carboxylic acids is 1. The van der Waals surface area contributed by atoms with E-state index in [0.29, 0.717) is 6.54 Å². The topological polar surface area (TPSA) is 51.2 Å². The second kappa shape index (κ2) is 9.85. The molecule has 0 radical (unpaired) electrons. The molecule has 30 heavy (non-hydrogen) atoms. The van der Waals surface area contributed by atoms with Crippen LogP contribution in [0.5, 0.6) is 0 Å². The number of hydrogen-bond acceptors (Lipinski definition) is 6. The summed E-state index contributed by atoms with van der Waals surface area (Å²) in [5.41, 5.74) is 1.49. The zero-order chi connectivity index (χ0) is 21.7. The van der Waals surface area contributed by atoms with Crippen LogP contribution in [-0.2, 0) is 11.3 Å². The van der Waals surface area contributed by atoms with E-state index in [2.05, 4.69) is 28.5 Å². The number of amides is 1. The average Bonchev–Trinajstić information content (AvgIpc) is 3.12. The van der Waals surface area contributed by atoms with E-state index in [0.717, 1.165) is 30.1 Å². The largest absolute Gasteiger partial charge is 0.444 e.